The molecule has 0 spiro atoms. The van der Waals surface area contributed by atoms with E-state index in [1.165, 1.54) is 24.8 Å². The summed E-state index contributed by atoms with van der Waals surface area (Å²) in [7, 11) is 2.53. The number of imidazole rings is 1. The van der Waals surface area contributed by atoms with Crippen molar-refractivity contribution < 1.29 is 28.7 Å². The summed E-state index contributed by atoms with van der Waals surface area (Å²) in [4.78, 5) is 64.4. The first-order valence-corrected chi connectivity index (χ1v) is 17.3. The highest BCUT2D eigenvalue weighted by Crippen LogP contribution is 2.36. The molecule has 4 N–H and O–H groups in total. The number of likely N-dealkylation sites (tertiary alicyclic amines) is 2. The molecule has 14 heteroatoms. The van der Waals surface area contributed by atoms with Crippen molar-refractivity contribution in [3.05, 3.63) is 89.8 Å². The van der Waals surface area contributed by atoms with Gasteiger partial charge in [0.05, 0.1) is 38.2 Å². The average molecular weight is 701 g/mol. The Balaban J connectivity index is 1.18. The number of aromatic nitrogens is 3. The second-order valence-corrected chi connectivity index (χ2v) is 13.1. The Hall–Kier alpha value is -5.53. The molecule has 2 fully saturated rings. The van der Waals surface area contributed by atoms with Crippen LogP contribution in [0.4, 0.5) is 14.4 Å². The molecule has 0 bridgehead atoms. The number of aromatic amines is 2. The molecule has 2 saturated heterocycles. The molecule has 0 radical (unpaired) electrons. The Morgan fingerprint density at radius 2 is 1.67 bits per heavy atom. The number of nitrogens with zero attached hydrogens (tertiary/aromatic N) is 4. The van der Waals surface area contributed by atoms with Gasteiger partial charge >= 0.3 is 18.2 Å². The van der Waals surface area contributed by atoms with Gasteiger partial charge in [0, 0.05) is 30.5 Å². The minimum absolute atomic E-state index is 0.124. The molecular formula is C37H48N8O6. The van der Waals surface area contributed by atoms with Crippen molar-refractivity contribution in [3.8, 4) is 0 Å². The number of H-pyrrole nitrogens is 2. The van der Waals surface area contributed by atoms with E-state index in [1.54, 1.807) is 16.0 Å². The molecule has 0 aromatic carbocycles. The Labute approximate surface area is 298 Å². The minimum Gasteiger partial charge on any atom is -0.453 e. The van der Waals surface area contributed by atoms with Gasteiger partial charge in [-0.1, -0.05) is 37.5 Å². The molecule has 272 valence electrons. The Morgan fingerprint density at radius 1 is 0.961 bits per heavy atom. The van der Waals surface area contributed by atoms with Gasteiger partial charge in [0.2, 0.25) is 5.91 Å². The predicted molar refractivity (Wildman–Crippen MR) is 193 cm³/mol. The van der Waals surface area contributed by atoms with Gasteiger partial charge in [0.25, 0.3) is 0 Å². The highest BCUT2D eigenvalue weighted by Gasteiger charge is 2.36. The van der Waals surface area contributed by atoms with E-state index in [4.69, 9.17) is 4.74 Å². The number of alkyl carbamates (subject to hydrolysis) is 1. The van der Waals surface area contributed by atoms with Crippen LogP contribution in [0.25, 0.3) is 11.1 Å². The number of hydrazine groups is 1. The fourth-order valence-corrected chi connectivity index (χ4v) is 6.66. The number of rotatable bonds is 10. The number of ether oxygens (including phenoxy) is 2. The summed E-state index contributed by atoms with van der Waals surface area (Å²) >= 11 is 0. The van der Waals surface area contributed by atoms with Gasteiger partial charge in [-0.15, -0.1) is 0 Å². The van der Waals surface area contributed by atoms with E-state index in [2.05, 4.69) is 61.8 Å². The molecule has 2 aromatic rings. The zero-order valence-electron chi connectivity index (χ0n) is 29.8. The van der Waals surface area contributed by atoms with Crippen molar-refractivity contribution >= 4 is 35.3 Å². The van der Waals surface area contributed by atoms with Crippen LogP contribution in [0.3, 0.4) is 0 Å². The zero-order valence-corrected chi connectivity index (χ0v) is 29.8. The number of amides is 5. The quantitative estimate of drug-likeness (QED) is 0.176. The summed E-state index contributed by atoms with van der Waals surface area (Å²) in [6.45, 7) is 13.2. The third-order valence-electron chi connectivity index (χ3n) is 9.48. The number of hydrogen-bond donors (Lipinski definition) is 4. The minimum atomic E-state index is -0.683. The fraction of sp³-hybridized carbons (Fsp3) is 0.432. The van der Waals surface area contributed by atoms with Crippen LogP contribution in [-0.2, 0) is 14.3 Å². The van der Waals surface area contributed by atoms with E-state index in [9.17, 15) is 19.2 Å². The molecule has 1 aliphatic carbocycles. The van der Waals surface area contributed by atoms with E-state index >= 15 is 0 Å². The van der Waals surface area contributed by atoms with Gasteiger partial charge in [-0.2, -0.15) is 0 Å². The summed E-state index contributed by atoms with van der Waals surface area (Å²) < 4.78 is 9.27. The number of nitrogens with one attached hydrogen (secondary N) is 4. The van der Waals surface area contributed by atoms with Crippen LogP contribution in [0.15, 0.2) is 66.9 Å². The molecule has 3 aliphatic rings. The van der Waals surface area contributed by atoms with Crippen LogP contribution in [0, 0.1) is 0 Å². The van der Waals surface area contributed by atoms with Gasteiger partial charge in [0.15, 0.2) is 0 Å². The Kier molecular flexibility index (Phi) is 11.9. The smallest absolute Gasteiger partial charge is 0.425 e. The number of carbonyl (C=O) groups is 4. The van der Waals surface area contributed by atoms with Crippen molar-refractivity contribution in [3.63, 3.8) is 0 Å². The summed E-state index contributed by atoms with van der Waals surface area (Å²) in [5, 5.41) is 3.76. The van der Waals surface area contributed by atoms with Gasteiger partial charge < -0.3 is 34.6 Å². The van der Waals surface area contributed by atoms with Crippen molar-refractivity contribution in [1.82, 2.24) is 40.5 Å². The van der Waals surface area contributed by atoms with Crippen LogP contribution < -0.4 is 10.7 Å². The lowest BCUT2D eigenvalue weighted by Crippen LogP contribution is -2.54. The van der Waals surface area contributed by atoms with Gasteiger partial charge in [-0.25, -0.2) is 29.8 Å². The summed E-state index contributed by atoms with van der Waals surface area (Å²) in [6.07, 6.45) is 13.4. The SMILES string of the molecule is C=C(/C=C\C(=C)c1cnc(C2CCCN2C(=O)CNC(=O)OC)[nH]1)C1=CC=C(c2ccc(C3CCCN3C(=O)N(NC(=O)OC)C(C)C)[nH]2)CC1. The maximum absolute atomic E-state index is 13.4. The van der Waals surface area contributed by atoms with E-state index in [-0.39, 0.29) is 36.6 Å². The van der Waals surface area contributed by atoms with Crippen LogP contribution >= 0.6 is 0 Å². The molecule has 4 heterocycles. The van der Waals surface area contributed by atoms with Crippen LogP contribution in [0.5, 0.6) is 0 Å². The van der Waals surface area contributed by atoms with Crippen molar-refractivity contribution in [1.29, 1.82) is 0 Å². The number of carbonyl (C=O) groups excluding carboxylic acids is 4. The van der Waals surface area contributed by atoms with Crippen molar-refractivity contribution in [2.45, 2.75) is 70.5 Å². The van der Waals surface area contributed by atoms with Gasteiger partial charge in [-0.05, 0) is 86.8 Å². The predicted octanol–water partition coefficient (Wildman–Crippen LogP) is 5.93. The molecule has 2 unspecified atom stereocenters. The monoisotopic (exact) mass is 700 g/mol. The molecule has 0 saturated carbocycles. The molecule has 5 amide bonds. The molecule has 51 heavy (non-hydrogen) atoms. The lowest BCUT2D eigenvalue weighted by Gasteiger charge is -2.33. The largest absolute Gasteiger partial charge is 0.453 e. The van der Waals surface area contributed by atoms with Crippen molar-refractivity contribution in [2.75, 3.05) is 33.9 Å². The van der Waals surface area contributed by atoms with Gasteiger partial charge in [0.1, 0.15) is 12.4 Å². The van der Waals surface area contributed by atoms with Gasteiger partial charge in [-0.3, -0.25) is 4.79 Å². The lowest BCUT2D eigenvalue weighted by atomic mass is 9.92. The molecule has 2 aromatic heterocycles. The van der Waals surface area contributed by atoms with E-state index in [0.29, 0.717) is 18.9 Å². The van der Waals surface area contributed by atoms with Crippen LogP contribution in [0.2, 0.25) is 0 Å². The third-order valence-corrected chi connectivity index (χ3v) is 9.48. The molecule has 2 aliphatic heterocycles. The second-order valence-electron chi connectivity index (χ2n) is 13.1. The maximum Gasteiger partial charge on any atom is 0.425 e. The Morgan fingerprint density at radius 3 is 2.35 bits per heavy atom. The van der Waals surface area contributed by atoms with Crippen LogP contribution in [0.1, 0.15) is 87.4 Å². The normalized spacial score (nSPS) is 18.8. The highest BCUT2D eigenvalue weighted by molar-refractivity contribution is 5.83. The first kappa shape index (κ1) is 36.7. The zero-order chi connectivity index (χ0) is 36.7. The maximum atomic E-state index is 13.4. The van der Waals surface area contributed by atoms with Crippen LogP contribution in [-0.4, -0.2) is 93.8 Å². The van der Waals surface area contributed by atoms with E-state index in [0.717, 1.165) is 72.3 Å². The summed E-state index contributed by atoms with van der Waals surface area (Å²) in [5.74, 6) is 0.491. The van der Waals surface area contributed by atoms with E-state index < -0.39 is 12.2 Å². The third kappa shape index (κ3) is 8.62. The summed E-state index contributed by atoms with van der Waals surface area (Å²) in [6, 6.07) is 3.26. The Bertz CT molecular complexity index is 1750. The molecule has 2 atom stereocenters. The number of urea groups is 1. The number of methoxy groups -OCH3 is 2. The summed E-state index contributed by atoms with van der Waals surface area (Å²) in [5.41, 5.74) is 9.19. The molecular weight excluding hydrogens is 652 g/mol. The number of hydrogen-bond acceptors (Lipinski definition) is 7. The number of allylic oxidation sites excluding steroid dienone is 8. The fourth-order valence-electron chi connectivity index (χ4n) is 6.66. The topological polar surface area (TPSA) is 165 Å². The molecule has 14 nitrogen and oxygen atoms in total. The lowest BCUT2D eigenvalue weighted by molar-refractivity contribution is -0.131. The molecule has 5 rings (SSSR count). The highest BCUT2D eigenvalue weighted by atomic mass is 16.5. The standard InChI is InChI=1S/C37H48N8O6/c1-23(2)45(42-36(48)51-6)37(49)44-20-7-9-31(44)29-18-17-28(40-29)27-15-13-26(14-16-27)24(3)11-12-25(4)30-21-38-34(41-30)32-10-8-19-43(32)33(46)22-39-35(47)50-5/h11-13,15,17-18,21,23,31-32,40H,3-4,7-10,14,16,19-20,22H2,1-2,5-6H3,(H,38,41)(H,39,47)(H,42,48)/b12-11-. The first-order valence-electron chi connectivity index (χ1n) is 17.3. The first-order chi connectivity index (χ1) is 24.5. The van der Waals surface area contributed by atoms with E-state index in [1.807, 2.05) is 32.1 Å². The van der Waals surface area contributed by atoms with Crippen molar-refractivity contribution in [2.24, 2.45) is 0 Å². The second kappa shape index (κ2) is 16.5. The average Bonchev–Trinajstić information content (AvgIpc) is 3.97.